The highest BCUT2D eigenvalue weighted by Gasteiger charge is 2.23. The van der Waals surface area contributed by atoms with Crippen molar-refractivity contribution in [2.24, 2.45) is 0 Å². The Balaban J connectivity index is 3.51. The summed E-state index contributed by atoms with van der Waals surface area (Å²) < 4.78 is 26.9. The number of rotatable bonds is 45. The molecule has 0 aliphatic rings. The van der Waals surface area contributed by atoms with Crippen molar-refractivity contribution < 1.29 is 37.9 Å². The summed E-state index contributed by atoms with van der Waals surface area (Å²) in [5.41, 5.74) is 0. The Morgan fingerprint density at radius 3 is 1.18 bits per heavy atom. The molecule has 0 saturated heterocycles. The first-order chi connectivity index (χ1) is 26.8. The van der Waals surface area contributed by atoms with Crippen LogP contribution in [0.25, 0.3) is 0 Å². The van der Waals surface area contributed by atoms with Crippen molar-refractivity contribution in [1.82, 2.24) is 5.32 Å². The number of unbranched alkanes of at least 4 members (excludes halogenated alkanes) is 32. The first-order valence-corrected chi connectivity index (χ1v) is 25.0. The van der Waals surface area contributed by atoms with E-state index in [0.29, 0.717) is 12.8 Å². The molecule has 0 spiro atoms. The third-order valence-electron chi connectivity index (χ3n) is 10.5. The number of hydrogen-bond donors (Lipinski definition) is 3. The van der Waals surface area contributed by atoms with E-state index in [-0.39, 0.29) is 25.7 Å². The van der Waals surface area contributed by atoms with Gasteiger partial charge in [-0.25, -0.2) is 4.57 Å². The topological polar surface area (TPSA) is 131 Å². The zero-order chi connectivity index (χ0) is 40.3. The number of esters is 1. The molecule has 0 bridgehead atoms. The van der Waals surface area contributed by atoms with Gasteiger partial charge in [-0.15, -0.1) is 0 Å². The SMILES string of the molecule is CCCCCCCCCCCCCCCCCCCCCCCCC(=O)OCC(O)COP(=O)(O)OCCNC(=O)CCCCCCCCCCCCCC. The van der Waals surface area contributed by atoms with Gasteiger partial charge < -0.3 is 20.1 Å². The number of aliphatic hydroxyl groups is 1. The highest BCUT2D eigenvalue weighted by Crippen LogP contribution is 2.42. The van der Waals surface area contributed by atoms with Crippen LogP contribution in [0.2, 0.25) is 0 Å². The molecular formula is C45H90NO8P. The number of carbonyl (C=O) groups excluding carboxylic acids is 2. The van der Waals surface area contributed by atoms with Crippen molar-refractivity contribution in [1.29, 1.82) is 0 Å². The van der Waals surface area contributed by atoms with Gasteiger partial charge in [0.1, 0.15) is 12.7 Å². The minimum atomic E-state index is -4.41. The van der Waals surface area contributed by atoms with Gasteiger partial charge in [0.25, 0.3) is 0 Å². The van der Waals surface area contributed by atoms with E-state index >= 15 is 0 Å². The van der Waals surface area contributed by atoms with Crippen molar-refractivity contribution >= 4 is 19.7 Å². The maximum atomic E-state index is 12.1. The van der Waals surface area contributed by atoms with Crippen LogP contribution in [-0.4, -0.2) is 54.3 Å². The number of amides is 1. The first kappa shape index (κ1) is 54.0. The number of nitrogens with one attached hydrogen (secondary N) is 1. The number of carbonyl (C=O) groups is 2. The van der Waals surface area contributed by atoms with E-state index in [1.807, 2.05) is 0 Å². The third-order valence-corrected chi connectivity index (χ3v) is 11.5. The second-order valence-electron chi connectivity index (χ2n) is 16.1. The zero-order valence-electron chi connectivity index (χ0n) is 36.2. The molecule has 0 rings (SSSR count). The lowest BCUT2D eigenvalue weighted by molar-refractivity contribution is -0.147. The first-order valence-electron chi connectivity index (χ1n) is 23.5. The monoisotopic (exact) mass is 804 g/mol. The average Bonchev–Trinajstić information content (AvgIpc) is 3.17. The van der Waals surface area contributed by atoms with Gasteiger partial charge in [-0.05, 0) is 12.8 Å². The number of hydrogen-bond acceptors (Lipinski definition) is 7. The van der Waals surface area contributed by atoms with Gasteiger partial charge in [-0.2, -0.15) is 0 Å². The van der Waals surface area contributed by atoms with Gasteiger partial charge >= 0.3 is 13.8 Å². The van der Waals surface area contributed by atoms with Gasteiger partial charge in [0.05, 0.1) is 13.2 Å². The Kier molecular flexibility index (Phi) is 41.8. The summed E-state index contributed by atoms with van der Waals surface area (Å²) in [6.45, 7) is 3.60. The maximum Gasteiger partial charge on any atom is 0.472 e. The van der Waals surface area contributed by atoms with Gasteiger partial charge in [0.15, 0.2) is 0 Å². The van der Waals surface area contributed by atoms with Crippen molar-refractivity contribution in [3.63, 3.8) is 0 Å². The van der Waals surface area contributed by atoms with E-state index in [1.54, 1.807) is 0 Å². The van der Waals surface area contributed by atoms with Crippen molar-refractivity contribution in [2.45, 2.75) is 251 Å². The lowest BCUT2D eigenvalue weighted by Gasteiger charge is -2.15. The number of phosphoric ester groups is 1. The maximum absolute atomic E-state index is 12.1. The second kappa shape index (κ2) is 42.6. The Bertz CT molecular complexity index is 876. The second-order valence-corrected chi connectivity index (χ2v) is 17.6. The average molecular weight is 804 g/mol. The molecule has 1 amide bonds. The minimum Gasteiger partial charge on any atom is -0.463 e. The number of phosphoric acid groups is 1. The molecule has 3 N–H and O–H groups in total. The molecule has 9 nitrogen and oxygen atoms in total. The quantitative estimate of drug-likeness (QED) is 0.0315. The molecule has 0 aliphatic carbocycles. The summed E-state index contributed by atoms with van der Waals surface area (Å²) in [7, 11) is -4.41. The standard InChI is InChI=1S/C45H90NO8P/c1-3-5-7-9-11-13-15-17-18-19-20-21-22-23-24-25-26-28-30-32-34-36-38-45(49)52-41-43(47)42-54-55(50,51)53-40-39-46-44(48)37-35-33-31-29-27-16-14-12-10-8-6-4-2/h43,47H,3-42H2,1-2H3,(H,46,48)(H,50,51). The normalized spacial score (nSPS) is 13.2. The van der Waals surface area contributed by atoms with E-state index < -0.39 is 26.5 Å². The third kappa shape index (κ3) is 44.0. The Morgan fingerprint density at radius 2 is 0.818 bits per heavy atom. The number of ether oxygens (including phenoxy) is 1. The van der Waals surface area contributed by atoms with Crippen molar-refractivity contribution in [3.8, 4) is 0 Å². The largest absolute Gasteiger partial charge is 0.472 e. The molecule has 0 aliphatic heterocycles. The fraction of sp³-hybridized carbons (Fsp3) is 0.956. The van der Waals surface area contributed by atoms with E-state index in [4.69, 9.17) is 13.8 Å². The lowest BCUT2D eigenvalue weighted by Crippen LogP contribution is -2.27. The van der Waals surface area contributed by atoms with Gasteiger partial charge in [0.2, 0.25) is 5.91 Å². The Hall–Kier alpha value is -0.990. The summed E-state index contributed by atoms with van der Waals surface area (Å²) in [6, 6.07) is 0. The summed E-state index contributed by atoms with van der Waals surface area (Å²) in [5.74, 6) is -0.503. The molecule has 10 heteroatoms. The van der Waals surface area contributed by atoms with Crippen LogP contribution in [0.5, 0.6) is 0 Å². The van der Waals surface area contributed by atoms with E-state index in [1.165, 1.54) is 180 Å². The Morgan fingerprint density at radius 1 is 0.491 bits per heavy atom. The summed E-state index contributed by atoms with van der Waals surface area (Å²) in [5, 5.41) is 12.7. The molecule has 0 saturated carbocycles. The van der Waals surface area contributed by atoms with Crippen molar-refractivity contribution in [2.75, 3.05) is 26.4 Å². The van der Waals surface area contributed by atoms with Crippen LogP contribution in [0.15, 0.2) is 0 Å². The molecule has 2 atom stereocenters. The summed E-state index contributed by atoms with van der Waals surface area (Å²) in [4.78, 5) is 33.9. The van der Waals surface area contributed by atoms with Gasteiger partial charge in [-0.1, -0.05) is 219 Å². The Labute approximate surface area is 339 Å². The number of aliphatic hydroxyl groups excluding tert-OH is 1. The predicted molar refractivity (Wildman–Crippen MR) is 229 cm³/mol. The smallest absolute Gasteiger partial charge is 0.463 e. The highest BCUT2D eigenvalue weighted by atomic mass is 31.2. The fourth-order valence-corrected chi connectivity index (χ4v) is 7.73. The van der Waals surface area contributed by atoms with Crippen LogP contribution in [0, 0.1) is 0 Å². The van der Waals surface area contributed by atoms with Crippen molar-refractivity contribution in [3.05, 3.63) is 0 Å². The summed E-state index contributed by atoms with van der Waals surface area (Å²) >= 11 is 0. The molecule has 0 heterocycles. The van der Waals surface area contributed by atoms with Crippen LogP contribution in [-0.2, 0) is 27.9 Å². The van der Waals surface area contributed by atoms with E-state index in [0.717, 1.165) is 38.5 Å². The van der Waals surface area contributed by atoms with Crippen LogP contribution >= 0.6 is 7.82 Å². The highest BCUT2D eigenvalue weighted by molar-refractivity contribution is 7.47. The molecule has 328 valence electrons. The van der Waals surface area contributed by atoms with Gasteiger partial charge in [-0.3, -0.25) is 18.6 Å². The van der Waals surface area contributed by atoms with E-state index in [2.05, 4.69) is 19.2 Å². The molecule has 0 aromatic heterocycles. The molecule has 0 fully saturated rings. The predicted octanol–water partition coefficient (Wildman–Crippen LogP) is 13.2. The van der Waals surface area contributed by atoms with E-state index in [9.17, 15) is 24.2 Å². The van der Waals surface area contributed by atoms with Crippen LogP contribution < -0.4 is 5.32 Å². The van der Waals surface area contributed by atoms with Crippen LogP contribution in [0.1, 0.15) is 245 Å². The molecule has 55 heavy (non-hydrogen) atoms. The molecule has 2 unspecified atom stereocenters. The molecule has 0 aromatic rings. The molecule has 0 radical (unpaired) electrons. The fourth-order valence-electron chi connectivity index (χ4n) is 6.97. The summed E-state index contributed by atoms with van der Waals surface area (Å²) in [6.07, 6.45) is 43.3. The molecular weight excluding hydrogens is 713 g/mol. The minimum absolute atomic E-state index is 0.0880. The van der Waals surface area contributed by atoms with Gasteiger partial charge in [0, 0.05) is 19.4 Å². The lowest BCUT2D eigenvalue weighted by atomic mass is 10.0. The zero-order valence-corrected chi connectivity index (χ0v) is 37.0. The van der Waals surface area contributed by atoms with Crippen LogP contribution in [0.3, 0.4) is 0 Å². The molecule has 0 aromatic carbocycles. The van der Waals surface area contributed by atoms with Crippen LogP contribution in [0.4, 0.5) is 0 Å².